The monoisotopic (exact) mass is 426 g/mol. The van der Waals surface area contributed by atoms with E-state index in [1.165, 1.54) is 0 Å². The zero-order valence-electron chi connectivity index (χ0n) is 14.6. The number of hydrogen-bond acceptors (Lipinski definition) is 3. The van der Waals surface area contributed by atoms with E-state index in [1.54, 1.807) is 4.90 Å². The number of benzene rings is 1. The lowest BCUT2D eigenvalue weighted by molar-refractivity contribution is -0.126. The molecule has 7 heteroatoms. The molecular formula is C20H19BrN4O2. The molecule has 3 heterocycles. The van der Waals surface area contributed by atoms with Crippen molar-refractivity contribution in [2.24, 2.45) is 5.92 Å². The molecule has 0 unspecified atom stereocenters. The van der Waals surface area contributed by atoms with Gasteiger partial charge >= 0.3 is 0 Å². The molecular weight excluding hydrogens is 408 g/mol. The molecule has 6 nitrogen and oxygen atoms in total. The second kappa shape index (κ2) is 7.52. The molecule has 2 amide bonds. The van der Waals surface area contributed by atoms with Crippen LogP contribution in [0.4, 0.5) is 5.69 Å². The summed E-state index contributed by atoms with van der Waals surface area (Å²) in [5.41, 5.74) is 2.65. The number of fused-ring (bicyclic) bond motifs is 1. The van der Waals surface area contributed by atoms with Gasteiger partial charge in [0, 0.05) is 48.5 Å². The van der Waals surface area contributed by atoms with Crippen molar-refractivity contribution in [1.29, 1.82) is 0 Å². The molecule has 1 saturated heterocycles. The van der Waals surface area contributed by atoms with Gasteiger partial charge < -0.3 is 14.6 Å². The van der Waals surface area contributed by atoms with Crippen LogP contribution in [0.3, 0.4) is 0 Å². The maximum Gasteiger partial charge on any atom is 0.227 e. The fraction of sp³-hybridized carbons (Fsp3) is 0.250. The number of nitrogens with one attached hydrogen (secondary N) is 1. The molecule has 2 aromatic heterocycles. The lowest BCUT2D eigenvalue weighted by Gasteiger charge is -2.16. The Balaban J connectivity index is 1.32. The van der Waals surface area contributed by atoms with Gasteiger partial charge in [0.25, 0.3) is 0 Å². The van der Waals surface area contributed by atoms with Crippen molar-refractivity contribution < 1.29 is 9.59 Å². The number of carbonyl (C=O) groups is 2. The number of hydrogen-bond donors (Lipinski definition) is 1. The van der Waals surface area contributed by atoms with Crippen molar-refractivity contribution in [2.45, 2.75) is 12.8 Å². The van der Waals surface area contributed by atoms with Crippen LogP contribution in [0.25, 0.3) is 5.65 Å². The Bertz CT molecular complexity index is 950. The van der Waals surface area contributed by atoms with Crippen LogP contribution in [0.2, 0.25) is 0 Å². The third-order valence-corrected chi connectivity index (χ3v) is 5.26. The van der Waals surface area contributed by atoms with E-state index in [1.807, 2.05) is 59.3 Å². The highest BCUT2D eigenvalue weighted by Gasteiger charge is 2.34. The first-order valence-electron chi connectivity index (χ1n) is 8.86. The molecule has 0 aliphatic carbocycles. The average Bonchev–Trinajstić information content (AvgIpc) is 3.25. The van der Waals surface area contributed by atoms with Gasteiger partial charge in [0.15, 0.2) is 0 Å². The summed E-state index contributed by atoms with van der Waals surface area (Å²) in [5.74, 6) is -0.410. The standard InChI is InChI=1S/C20H19BrN4O2/c21-15-4-6-17(7-5-15)25-12-14(11-19(25)26)20(27)22-9-8-16-13-24-10-2-1-3-18(24)23-16/h1-7,10,13-14H,8-9,11-12H2,(H,22,27)/t14-/m0/s1. The van der Waals surface area contributed by atoms with Crippen molar-refractivity contribution in [2.75, 3.05) is 18.0 Å². The summed E-state index contributed by atoms with van der Waals surface area (Å²) < 4.78 is 2.92. The fourth-order valence-electron chi connectivity index (χ4n) is 3.32. The smallest absolute Gasteiger partial charge is 0.227 e. The van der Waals surface area contributed by atoms with Crippen LogP contribution in [0.5, 0.6) is 0 Å². The highest BCUT2D eigenvalue weighted by atomic mass is 79.9. The predicted octanol–water partition coefficient (Wildman–Crippen LogP) is 2.81. The maximum atomic E-state index is 12.5. The number of carbonyl (C=O) groups excluding carboxylic acids is 2. The van der Waals surface area contributed by atoms with Gasteiger partial charge in [-0.1, -0.05) is 22.0 Å². The lowest BCUT2D eigenvalue weighted by Crippen LogP contribution is -2.34. The van der Waals surface area contributed by atoms with E-state index >= 15 is 0 Å². The van der Waals surface area contributed by atoms with Gasteiger partial charge in [-0.15, -0.1) is 0 Å². The second-order valence-electron chi connectivity index (χ2n) is 6.62. The topological polar surface area (TPSA) is 66.7 Å². The summed E-state index contributed by atoms with van der Waals surface area (Å²) in [6, 6.07) is 13.4. The van der Waals surface area contributed by atoms with E-state index in [0.29, 0.717) is 19.5 Å². The Morgan fingerprint density at radius 2 is 2.04 bits per heavy atom. The van der Waals surface area contributed by atoms with Crippen molar-refractivity contribution in [1.82, 2.24) is 14.7 Å². The Labute approximate surface area is 165 Å². The van der Waals surface area contributed by atoms with Crippen LogP contribution in [-0.4, -0.2) is 34.3 Å². The maximum absolute atomic E-state index is 12.5. The third-order valence-electron chi connectivity index (χ3n) is 4.73. The molecule has 0 bridgehead atoms. The zero-order valence-corrected chi connectivity index (χ0v) is 16.2. The van der Waals surface area contributed by atoms with Crippen LogP contribution >= 0.6 is 15.9 Å². The molecule has 0 spiro atoms. The number of pyridine rings is 1. The van der Waals surface area contributed by atoms with Crippen LogP contribution in [-0.2, 0) is 16.0 Å². The van der Waals surface area contributed by atoms with Crippen molar-refractivity contribution in [3.05, 3.63) is 65.0 Å². The normalized spacial score (nSPS) is 16.9. The van der Waals surface area contributed by atoms with Gasteiger partial charge in [-0.3, -0.25) is 9.59 Å². The Morgan fingerprint density at radius 3 is 2.81 bits per heavy atom. The molecule has 1 fully saturated rings. The predicted molar refractivity (Wildman–Crippen MR) is 107 cm³/mol. The number of halogens is 1. The van der Waals surface area contributed by atoms with Gasteiger partial charge in [0.2, 0.25) is 11.8 Å². The quantitative estimate of drug-likeness (QED) is 0.681. The van der Waals surface area contributed by atoms with Crippen LogP contribution < -0.4 is 10.2 Å². The number of rotatable bonds is 5. The van der Waals surface area contributed by atoms with Crippen LogP contribution in [0.15, 0.2) is 59.3 Å². The molecule has 1 N–H and O–H groups in total. The molecule has 0 radical (unpaired) electrons. The summed E-state index contributed by atoms with van der Waals surface area (Å²) in [6.07, 6.45) is 4.82. The Morgan fingerprint density at radius 1 is 1.22 bits per heavy atom. The molecule has 138 valence electrons. The first-order valence-corrected chi connectivity index (χ1v) is 9.66. The van der Waals surface area contributed by atoms with Crippen molar-refractivity contribution in [3.8, 4) is 0 Å². The van der Waals surface area contributed by atoms with Crippen LogP contribution in [0, 0.1) is 5.92 Å². The number of amides is 2. The Kier molecular flexibility index (Phi) is 4.94. The number of imidazole rings is 1. The van der Waals surface area contributed by atoms with Crippen LogP contribution in [0.1, 0.15) is 12.1 Å². The van der Waals surface area contributed by atoms with E-state index in [-0.39, 0.29) is 24.2 Å². The lowest BCUT2D eigenvalue weighted by atomic mass is 10.1. The minimum atomic E-state index is -0.317. The number of anilines is 1. The molecule has 1 aliphatic rings. The largest absolute Gasteiger partial charge is 0.355 e. The molecule has 1 aliphatic heterocycles. The SMILES string of the molecule is O=C(NCCc1cn2ccccc2n1)[C@H]1CC(=O)N(c2ccc(Br)cc2)C1. The summed E-state index contributed by atoms with van der Waals surface area (Å²) >= 11 is 3.39. The van der Waals surface area contributed by atoms with E-state index in [4.69, 9.17) is 0 Å². The van der Waals surface area contributed by atoms with Gasteiger partial charge in [-0.2, -0.15) is 0 Å². The van der Waals surface area contributed by atoms with Gasteiger partial charge in [0.1, 0.15) is 5.65 Å². The number of aromatic nitrogens is 2. The average molecular weight is 427 g/mol. The minimum Gasteiger partial charge on any atom is -0.355 e. The first-order chi connectivity index (χ1) is 13.1. The molecule has 3 aromatic rings. The highest BCUT2D eigenvalue weighted by molar-refractivity contribution is 9.10. The zero-order chi connectivity index (χ0) is 18.8. The highest BCUT2D eigenvalue weighted by Crippen LogP contribution is 2.26. The van der Waals surface area contributed by atoms with Gasteiger partial charge in [-0.25, -0.2) is 4.98 Å². The summed E-state index contributed by atoms with van der Waals surface area (Å²) in [4.78, 5) is 31.0. The first kappa shape index (κ1) is 17.7. The molecule has 1 aromatic carbocycles. The molecule has 0 saturated carbocycles. The van der Waals surface area contributed by atoms with Gasteiger partial charge in [-0.05, 0) is 36.4 Å². The number of nitrogens with zero attached hydrogens (tertiary/aromatic N) is 3. The van der Waals surface area contributed by atoms with E-state index in [0.717, 1.165) is 21.5 Å². The summed E-state index contributed by atoms with van der Waals surface area (Å²) in [7, 11) is 0. The second-order valence-corrected chi connectivity index (χ2v) is 7.54. The van der Waals surface area contributed by atoms with Gasteiger partial charge in [0.05, 0.1) is 11.6 Å². The van der Waals surface area contributed by atoms with E-state index < -0.39 is 0 Å². The summed E-state index contributed by atoms with van der Waals surface area (Å²) in [5, 5.41) is 2.94. The summed E-state index contributed by atoms with van der Waals surface area (Å²) in [6.45, 7) is 0.923. The minimum absolute atomic E-state index is 0.0159. The molecule has 1 atom stereocenters. The van der Waals surface area contributed by atoms with E-state index in [2.05, 4.69) is 26.2 Å². The molecule has 27 heavy (non-hydrogen) atoms. The molecule has 4 rings (SSSR count). The Hall–Kier alpha value is -2.67. The van der Waals surface area contributed by atoms with Crippen molar-refractivity contribution in [3.63, 3.8) is 0 Å². The third kappa shape index (κ3) is 3.88. The van der Waals surface area contributed by atoms with Crippen molar-refractivity contribution >= 4 is 39.1 Å². The fourth-order valence-corrected chi connectivity index (χ4v) is 3.58. The van der Waals surface area contributed by atoms with E-state index in [9.17, 15) is 9.59 Å².